The first-order valence-corrected chi connectivity index (χ1v) is 10.3. The molecule has 0 radical (unpaired) electrons. The molecule has 6 nitrogen and oxygen atoms in total. The summed E-state index contributed by atoms with van der Waals surface area (Å²) in [4.78, 5) is 5.99. The molecule has 29 heavy (non-hydrogen) atoms. The Balaban J connectivity index is 0.00000300. The molecule has 3 rings (SSSR count). The lowest BCUT2D eigenvalue weighted by atomic mass is 10.2. The van der Waals surface area contributed by atoms with Crippen molar-refractivity contribution in [1.29, 1.82) is 0 Å². The van der Waals surface area contributed by atoms with Gasteiger partial charge in [0.05, 0.1) is 13.1 Å². The van der Waals surface area contributed by atoms with Crippen LogP contribution in [0.2, 0.25) is 0 Å². The Kier molecular flexibility index (Phi) is 9.99. The second-order valence-electron chi connectivity index (χ2n) is 6.31. The van der Waals surface area contributed by atoms with Gasteiger partial charge in [-0.25, -0.2) is 4.99 Å². The van der Waals surface area contributed by atoms with Crippen molar-refractivity contribution in [2.75, 3.05) is 12.3 Å². The summed E-state index contributed by atoms with van der Waals surface area (Å²) in [5.74, 6) is 3.51. The Bertz CT molecular complexity index is 883. The van der Waals surface area contributed by atoms with Gasteiger partial charge in [-0.2, -0.15) is 0 Å². The van der Waals surface area contributed by atoms with Crippen LogP contribution >= 0.6 is 35.7 Å². The third-order valence-electron chi connectivity index (χ3n) is 4.27. The van der Waals surface area contributed by atoms with Crippen LogP contribution in [0.4, 0.5) is 0 Å². The van der Waals surface area contributed by atoms with E-state index in [1.807, 2.05) is 54.6 Å². The Hall–Kier alpha value is -2.07. The number of aryl methyl sites for hydroxylation is 1. The van der Waals surface area contributed by atoms with Crippen molar-refractivity contribution in [3.8, 4) is 0 Å². The van der Waals surface area contributed by atoms with E-state index in [0.29, 0.717) is 13.1 Å². The van der Waals surface area contributed by atoms with Gasteiger partial charge in [-0.15, -0.1) is 45.9 Å². The minimum absolute atomic E-state index is 0. The van der Waals surface area contributed by atoms with E-state index in [4.69, 9.17) is 4.99 Å². The number of aliphatic imine (C=N–C) groups is 1. The van der Waals surface area contributed by atoms with Crippen LogP contribution in [0.3, 0.4) is 0 Å². The minimum atomic E-state index is 0. The van der Waals surface area contributed by atoms with Gasteiger partial charge in [-0.05, 0) is 24.6 Å². The highest BCUT2D eigenvalue weighted by atomic mass is 127. The molecule has 2 aromatic carbocycles. The van der Waals surface area contributed by atoms with E-state index in [1.54, 1.807) is 0 Å². The minimum Gasteiger partial charge on any atom is -0.356 e. The van der Waals surface area contributed by atoms with Crippen LogP contribution in [0.5, 0.6) is 0 Å². The number of nitrogens with one attached hydrogen (secondary N) is 2. The lowest BCUT2D eigenvalue weighted by molar-refractivity contribution is 0.719. The summed E-state index contributed by atoms with van der Waals surface area (Å²) in [7, 11) is 1.97. The molecule has 0 aliphatic heterocycles. The van der Waals surface area contributed by atoms with Gasteiger partial charge in [-0.1, -0.05) is 48.5 Å². The molecule has 0 unspecified atom stereocenters. The molecule has 0 bridgehead atoms. The third-order valence-corrected chi connectivity index (χ3v) is 5.28. The van der Waals surface area contributed by atoms with E-state index in [0.717, 1.165) is 29.9 Å². The highest BCUT2D eigenvalue weighted by Gasteiger charge is 2.06. The van der Waals surface area contributed by atoms with Crippen molar-refractivity contribution in [1.82, 2.24) is 25.4 Å². The number of benzene rings is 2. The first-order chi connectivity index (χ1) is 13.7. The van der Waals surface area contributed by atoms with Crippen LogP contribution in [0.15, 0.2) is 70.6 Å². The van der Waals surface area contributed by atoms with Crippen LogP contribution in [0.25, 0.3) is 0 Å². The Labute approximate surface area is 193 Å². The van der Waals surface area contributed by atoms with Gasteiger partial charge >= 0.3 is 0 Å². The number of thioether (sulfide) groups is 1. The molecule has 3 aromatic rings. The van der Waals surface area contributed by atoms with Crippen LogP contribution in [0, 0.1) is 6.92 Å². The van der Waals surface area contributed by atoms with Gasteiger partial charge in [0.2, 0.25) is 0 Å². The number of guanidine groups is 1. The maximum atomic E-state index is 4.72. The standard InChI is InChI=1S/C21H26N6S.HI/c1-17-25-26-20(27(17)2)16-24-21(23-15-18-9-5-3-6-10-18)22-13-14-28-19-11-7-4-8-12-19;/h3-12H,13-16H2,1-2H3,(H2,22,23,24);1H. The second kappa shape index (κ2) is 12.5. The molecule has 0 amide bonds. The van der Waals surface area contributed by atoms with Gasteiger partial charge < -0.3 is 15.2 Å². The van der Waals surface area contributed by atoms with Gasteiger partial charge in [0.1, 0.15) is 5.82 Å². The molecule has 2 N–H and O–H groups in total. The van der Waals surface area contributed by atoms with Gasteiger partial charge in [0.25, 0.3) is 0 Å². The summed E-state index contributed by atoms with van der Waals surface area (Å²) in [5.41, 5.74) is 1.18. The first-order valence-electron chi connectivity index (χ1n) is 9.31. The Morgan fingerprint density at radius 2 is 1.69 bits per heavy atom. The molecule has 0 spiro atoms. The fourth-order valence-corrected chi connectivity index (χ4v) is 3.34. The van der Waals surface area contributed by atoms with Gasteiger partial charge in [0.15, 0.2) is 11.8 Å². The normalized spacial score (nSPS) is 11.0. The largest absolute Gasteiger partial charge is 0.356 e. The van der Waals surface area contributed by atoms with E-state index < -0.39 is 0 Å². The van der Waals surface area contributed by atoms with Crippen molar-refractivity contribution in [2.45, 2.75) is 24.9 Å². The maximum Gasteiger partial charge on any atom is 0.192 e. The van der Waals surface area contributed by atoms with Crippen LogP contribution in [-0.2, 0) is 20.1 Å². The molecule has 0 saturated carbocycles. The van der Waals surface area contributed by atoms with E-state index in [-0.39, 0.29) is 24.0 Å². The summed E-state index contributed by atoms with van der Waals surface area (Å²) in [5, 5.41) is 15.1. The molecular weight excluding hydrogens is 495 g/mol. The lowest BCUT2D eigenvalue weighted by Gasteiger charge is -2.12. The smallest absolute Gasteiger partial charge is 0.192 e. The van der Waals surface area contributed by atoms with Gasteiger partial charge in [-0.3, -0.25) is 0 Å². The zero-order chi connectivity index (χ0) is 19.6. The lowest BCUT2D eigenvalue weighted by Crippen LogP contribution is -2.38. The monoisotopic (exact) mass is 522 g/mol. The maximum absolute atomic E-state index is 4.72. The van der Waals surface area contributed by atoms with Crippen LogP contribution < -0.4 is 10.6 Å². The number of rotatable bonds is 8. The topological polar surface area (TPSA) is 67.1 Å². The molecule has 1 heterocycles. The van der Waals surface area contributed by atoms with E-state index in [2.05, 4.69) is 57.2 Å². The molecule has 0 fully saturated rings. The van der Waals surface area contributed by atoms with Crippen molar-refractivity contribution < 1.29 is 0 Å². The predicted octanol–water partition coefficient (Wildman–Crippen LogP) is 3.77. The number of hydrogen-bond donors (Lipinski definition) is 2. The molecule has 0 atom stereocenters. The zero-order valence-corrected chi connectivity index (χ0v) is 19.9. The fourth-order valence-electron chi connectivity index (χ4n) is 2.55. The van der Waals surface area contributed by atoms with E-state index in [9.17, 15) is 0 Å². The zero-order valence-electron chi connectivity index (χ0n) is 16.7. The Morgan fingerprint density at radius 3 is 2.34 bits per heavy atom. The number of halogens is 1. The molecule has 0 aliphatic rings. The molecule has 1 aromatic heterocycles. The van der Waals surface area contributed by atoms with Crippen molar-refractivity contribution in [3.63, 3.8) is 0 Å². The first kappa shape index (κ1) is 23.2. The SMILES string of the molecule is Cc1nnc(CNC(=NCc2ccccc2)NCCSc2ccccc2)n1C.I. The average Bonchev–Trinajstić information content (AvgIpc) is 3.06. The predicted molar refractivity (Wildman–Crippen MR) is 131 cm³/mol. The quantitative estimate of drug-likeness (QED) is 0.155. The summed E-state index contributed by atoms with van der Waals surface area (Å²) < 4.78 is 1.98. The summed E-state index contributed by atoms with van der Waals surface area (Å²) >= 11 is 1.83. The molecule has 0 aliphatic carbocycles. The highest BCUT2D eigenvalue weighted by Crippen LogP contribution is 2.15. The summed E-state index contributed by atoms with van der Waals surface area (Å²) in [6.45, 7) is 3.96. The van der Waals surface area contributed by atoms with Gasteiger partial charge in [0, 0.05) is 24.2 Å². The fraction of sp³-hybridized carbons (Fsp3) is 0.286. The second-order valence-corrected chi connectivity index (χ2v) is 7.48. The third kappa shape index (κ3) is 7.69. The van der Waals surface area contributed by atoms with E-state index in [1.165, 1.54) is 10.5 Å². The van der Waals surface area contributed by atoms with E-state index >= 15 is 0 Å². The van der Waals surface area contributed by atoms with Crippen LogP contribution in [0.1, 0.15) is 17.2 Å². The van der Waals surface area contributed by atoms with Crippen molar-refractivity contribution in [3.05, 3.63) is 77.9 Å². The molecular formula is C21H27IN6S. The molecule has 8 heteroatoms. The number of aromatic nitrogens is 3. The summed E-state index contributed by atoms with van der Waals surface area (Å²) in [6, 6.07) is 20.7. The molecule has 0 saturated heterocycles. The van der Waals surface area contributed by atoms with Crippen LogP contribution in [-0.4, -0.2) is 33.0 Å². The summed E-state index contributed by atoms with van der Waals surface area (Å²) in [6.07, 6.45) is 0. The van der Waals surface area contributed by atoms with Crippen molar-refractivity contribution >= 4 is 41.7 Å². The average molecular weight is 522 g/mol. The number of nitrogens with zero attached hydrogens (tertiary/aromatic N) is 4. The highest BCUT2D eigenvalue weighted by molar-refractivity contribution is 14.0. The number of hydrogen-bond acceptors (Lipinski definition) is 4. The molecule has 154 valence electrons. The Morgan fingerprint density at radius 1 is 1.00 bits per heavy atom. The van der Waals surface area contributed by atoms with Crippen molar-refractivity contribution in [2.24, 2.45) is 12.0 Å².